The van der Waals surface area contributed by atoms with Gasteiger partial charge in [0.1, 0.15) is 17.6 Å². The maximum Gasteiger partial charge on any atom is 0.407 e. The number of alkyl carbamates (subject to hydrolysis) is 1. The fraction of sp³-hybridized carbons (Fsp3) is 0.529. The fourth-order valence-electron chi connectivity index (χ4n) is 2.77. The van der Waals surface area contributed by atoms with Gasteiger partial charge in [0.2, 0.25) is 5.82 Å². The molecule has 0 saturated carbocycles. The Hall–Kier alpha value is -2.68. The lowest BCUT2D eigenvalue weighted by Crippen LogP contribution is -2.77. The van der Waals surface area contributed by atoms with Crippen LogP contribution in [-0.2, 0) is 9.53 Å². The highest BCUT2D eigenvalue weighted by Crippen LogP contribution is 2.14. The summed E-state index contributed by atoms with van der Waals surface area (Å²) in [6.45, 7) is 6.76. The van der Waals surface area contributed by atoms with Gasteiger partial charge in [-0.2, -0.15) is 4.99 Å². The maximum absolute atomic E-state index is 12.0. The van der Waals surface area contributed by atoms with Crippen molar-refractivity contribution in [2.45, 2.75) is 45.3 Å². The van der Waals surface area contributed by atoms with Crippen molar-refractivity contribution < 1.29 is 24.7 Å². The van der Waals surface area contributed by atoms with Crippen molar-refractivity contribution >= 4 is 24.1 Å². The molecule has 0 spiro atoms. The zero-order valence-electron chi connectivity index (χ0n) is 15.3. The van der Waals surface area contributed by atoms with Gasteiger partial charge in [0, 0.05) is 31.4 Å². The average molecular weight is 364 g/mol. The molecule has 26 heavy (non-hydrogen) atoms. The van der Waals surface area contributed by atoms with Crippen molar-refractivity contribution in [2.24, 2.45) is 4.99 Å². The van der Waals surface area contributed by atoms with Crippen LogP contribution >= 0.6 is 0 Å². The summed E-state index contributed by atoms with van der Waals surface area (Å²) in [4.78, 5) is 29.5. The molecule has 1 atom stereocenters. The van der Waals surface area contributed by atoms with Gasteiger partial charge in [-0.3, -0.25) is 5.32 Å². The van der Waals surface area contributed by atoms with Crippen LogP contribution in [0.2, 0.25) is 0 Å². The number of ether oxygens (including phenoxy) is 1. The number of quaternary nitrogens is 1. The van der Waals surface area contributed by atoms with Crippen molar-refractivity contribution in [3.63, 3.8) is 0 Å². The van der Waals surface area contributed by atoms with Crippen molar-refractivity contribution in [2.75, 3.05) is 13.1 Å². The van der Waals surface area contributed by atoms with Crippen LogP contribution in [0.5, 0.6) is 0 Å². The van der Waals surface area contributed by atoms with E-state index in [0.29, 0.717) is 12.4 Å². The molecular formula is C17H26N5O4+. The molecule has 2 heterocycles. The number of amides is 1. The Labute approximate surface area is 152 Å². The molecule has 0 bridgehead atoms. The minimum atomic E-state index is -1.19. The summed E-state index contributed by atoms with van der Waals surface area (Å²) >= 11 is 0. The molecule has 9 heteroatoms. The van der Waals surface area contributed by atoms with Gasteiger partial charge < -0.3 is 25.5 Å². The summed E-state index contributed by atoms with van der Waals surface area (Å²) in [6.07, 6.45) is 5.56. The second kappa shape index (κ2) is 8.13. The molecule has 9 nitrogen and oxygen atoms in total. The summed E-state index contributed by atoms with van der Waals surface area (Å²) in [5.74, 6) is -0.321. The first-order chi connectivity index (χ1) is 12.2. The Morgan fingerprint density at radius 3 is 2.85 bits per heavy atom. The zero-order chi connectivity index (χ0) is 19.3. The van der Waals surface area contributed by atoms with E-state index in [1.165, 1.54) is 0 Å². The zero-order valence-corrected chi connectivity index (χ0v) is 15.3. The molecule has 0 aliphatic carbocycles. The van der Waals surface area contributed by atoms with E-state index in [1.807, 2.05) is 25.7 Å². The number of carboxylic acids is 1. The number of amidine groups is 1. The minimum Gasteiger partial charge on any atom is -0.477 e. The largest absolute Gasteiger partial charge is 0.477 e. The topological polar surface area (TPSA) is 132 Å². The Balaban J connectivity index is 2.08. The molecular weight excluding hydrogens is 338 g/mol. The number of carbonyl (C=O) groups excluding carboxylic acids is 1. The number of hydrogen-bond acceptors (Lipinski definition) is 6. The van der Waals surface area contributed by atoms with E-state index in [1.54, 1.807) is 17.6 Å². The number of rotatable bonds is 3. The number of hydrogen-bond donors (Lipinski definition) is 4. The van der Waals surface area contributed by atoms with Crippen molar-refractivity contribution in [3.05, 3.63) is 23.7 Å². The number of aliphatic carboxylic acids is 1. The summed E-state index contributed by atoms with van der Waals surface area (Å²) in [5, 5.41) is 20.9. The van der Waals surface area contributed by atoms with E-state index in [2.05, 4.69) is 10.3 Å². The standard InChI is InChI=1S/C17H25N5O4/c1-17(2,3)26-16(25)20-11-5-4-8-22(10-11)13-6-7-19-14(21-13)12(9-18)15(23)24/h6-7,9,11,18-19H,4-5,8,10H2,1-3H3,(H,20,25)(H,23,24)/p+1/b14-12-,18-9?/t11-/m1/s1. The molecule has 2 rings (SSSR count). The Kier molecular flexibility index (Phi) is 6.14. The van der Waals surface area contributed by atoms with E-state index in [4.69, 9.17) is 15.3 Å². The second-order valence-corrected chi connectivity index (χ2v) is 7.18. The van der Waals surface area contributed by atoms with Gasteiger partial charge in [-0.05, 0) is 33.6 Å². The molecule has 1 saturated heterocycles. The van der Waals surface area contributed by atoms with Gasteiger partial charge in [-0.15, -0.1) is 0 Å². The molecule has 0 aromatic heterocycles. The predicted molar refractivity (Wildman–Crippen MR) is 95.9 cm³/mol. The average Bonchev–Trinajstić information content (AvgIpc) is 2.54. The third-order valence-electron chi connectivity index (χ3n) is 3.85. The van der Waals surface area contributed by atoms with Crippen molar-refractivity contribution in [1.29, 1.82) is 5.41 Å². The maximum atomic E-state index is 12.0. The molecule has 1 fully saturated rings. The summed E-state index contributed by atoms with van der Waals surface area (Å²) < 4.78 is 5.30. The van der Waals surface area contributed by atoms with Gasteiger partial charge in [0.25, 0.3) is 0 Å². The molecule has 0 aromatic rings. The first kappa shape index (κ1) is 19.6. The molecule has 1 amide bonds. The molecule has 5 N–H and O–H groups in total. The monoisotopic (exact) mass is 364 g/mol. The SMILES string of the molecule is CC(C)(C)OC(=O)N[C@@H]1CCCN(C2=N/C(=C(/C=N)C(=O)O)[NH2+]C=C2)C1. The molecule has 0 unspecified atom stereocenters. The molecule has 2 aliphatic heterocycles. The van der Waals surface area contributed by atoms with Crippen molar-refractivity contribution in [3.8, 4) is 0 Å². The highest BCUT2D eigenvalue weighted by molar-refractivity contribution is 6.08. The van der Waals surface area contributed by atoms with Crippen LogP contribution in [0, 0.1) is 5.41 Å². The fourth-order valence-corrected chi connectivity index (χ4v) is 2.77. The van der Waals surface area contributed by atoms with E-state index in [-0.39, 0.29) is 17.4 Å². The van der Waals surface area contributed by atoms with E-state index in [9.17, 15) is 9.59 Å². The quantitative estimate of drug-likeness (QED) is 0.425. The van der Waals surface area contributed by atoms with E-state index < -0.39 is 17.7 Å². The van der Waals surface area contributed by atoms with Crippen LogP contribution in [-0.4, -0.2) is 58.9 Å². The van der Waals surface area contributed by atoms with Crippen LogP contribution in [0.1, 0.15) is 33.6 Å². The first-order valence-corrected chi connectivity index (χ1v) is 8.52. The van der Waals surface area contributed by atoms with Crippen molar-refractivity contribution in [1.82, 2.24) is 10.2 Å². The number of aliphatic imine (C=N–C) groups is 1. The lowest BCUT2D eigenvalue weighted by molar-refractivity contribution is -0.537. The van der Waals surface area contributed by atoms with Gasteiger partial charge in [-0.1, -0.05) is 0 Å². The Morgan fingerprint density at radius 1 is 1.50 bits per heavy atom. The van der Waals surface area contributed by atoms with Gasteiger partial charge in [0.05, 0.1) is 0 Å². The highest BCUT2D eigenvalue weighted by Gasteiger charge is 2.27. The number of piperidine rings is 1. The summed E-state index contributed by atoms with van der Waals surface area (Å²) in [5.41, 5.74) is -0.711. The minimum absolute atomic E-state index is 0.0743. The third-order valence-corrected chi connectivity index (χ3v) is 3.85. The second-order valence-electron chi connectivity index (χ2n) is 7.18. The van der Waals surface area contributed by atoms with Crippen LogP contribution in [0.25, 0.3) is 0 Å². The molecule has 2 aliphatic rings. The molecule has 0 radical (unpaired) electrons. The van der Waals surface area contributed by atoms with Gasteiger partial charge in [0.15, 0.2) is 5.57 Å². The van der Waals surface area contributed by atoms with Crippen LogP contribution in [0.3, 0.4) is 0 Å². The normalized spacial score (nSPS) is 22.3. The Morgan fingerprint density at radius 2 is 2.23 bits per heavy atom. The smallest absolute Gasteiger partial charge is 0.407 e. The van der Waals surface area contributed by atoms with Crippen LogP contribution < -0.4 is 10.6 Å². The van der Waals surface area contributed by atoms with Crippen LogP contribution in [0.4, 0.5) is 4.79 Å². The van der Waals surface area contributed by atoms with Gasteiger partial charge in [-0.25, -0.2) is 9.59 Å². The number of carbonyl (C=O) groups is 2. The van der Waals surface area contributed by atoms with E-state index in [0.717, 1.165) is 25.6 Å². The van der Waals surface area contributed by atoms with Gasteiger partial charge >= 0.3 is 12.1 Å². The lowest BCUT2D eigenvalue weighted by Gasteiger charge is -2.35. The number of carboxylic acid groups (broad SMARTS) is 1. The number of nitrogens with two attached hydrogens (primary N) is 1. The summed E-state index contributed by atoms with van der Waals surface area (Å²) in [6, 6.07) is -0.0743. The van der Waals surface area contributed by atoms with E-state index >= 15 is 0 Å². The summed E-state index contributed by atoms with van der Waals surface area (Å²) in [7, 11) is 0. The highest BCUT2D eigenvalue weighted by atomic mass is 16.6. The van der Waals surface area contributed by atoms with Crippen LogP contribution in [0.15, 0.2) is 28.7 Å². The third kappa shape index (κ3) is 5.41. The predicted octanol–water partition coefficient (Wildman–Crippen LogP) is 0.410. The first-order valence-electron chi connectivity index (χ1n) is 8.52. The number of nitrogens with zero attached hydrogens (tertiary/aromatic N) is 2. The lowest BCUT2D eigenvalue weighted by atomic mass is 10.1. The Bertz CT molecular complexity index is 675. The number of likely N-dealkylation sites (tertiary alicyclic amines) is 1. The number of nitrogens with one attached hydrogen (secondary N) is 2. The molecule has 0 aromatic carbocycles. The molecule has 142 valence electrons.